The molecule has 0 atom stereocenters. The summed E-state index contributed by atoms with van der Waals surface area (Å²) in [5.41, 5.74) is 2.43. The molecule has 0 unspecified atom stereocenters. The highest BCUT2D eigenvalue weighted by molar-refractivity contribution is 5.99. The molecular weight excluding hydrogens is 360 g/mol. The molecule has 1 aromatic heterocycles. The van der Waals surface area contributed by atoms with Gasteiger partial charge in [0.15, 0.2) is 0 Å². The van der Waals surface area contributed by atoms with Crippen LogP contribution < -0.4 is 5.56 Å². The fourth-order valence-electron chi connectivity index (χ4n) is 2.90. The molecule has 0 aliphatic heterocycles. The molecule has 0 aliphatic carbocycles. The summed E-state index contributed by atoms with van der Waals surface area (Å²) in [7, 11) is 0. The van der Waals surface area contributed by atoms with Crippen LogP contribution >= 0.6 is 0 Å². The van der Waals surface area contributed by atoms with Crippen molar-refractivity contribution in [2.45, 2.75) is 53.1 Å². The van der Waals surface area contributed by atoms with Crippen LogP contribution in [0.25, 0.3) is 5.69 Å². The van der Waals surface area contributed by atoms with Crippen LogP contribution in [-0.2, 0) is 11.2 Å². The van der Waals surface area contributed by atoms with Gasteiger partial charge in [-0.25, -0.2) is 4.68 Å². The molecule has 8 heteroatoms. The van der Waals surface area contributed by atoms with E-state index in [9.17, 15) is 14.9 Å². The SMILES string of the molecule is CCCc1[nH]n(-c2ccc([N+](=O)[O-])cc2)c(=O)c1C(C)=NCCCOC(C)C. The number of nitrogens with one attached hydrogen (secondary N) is 1. The first-order chi connectivity index (χ1) is 13.3. The van der Waals surface area contributed by atoms with Gasteiger partial charge in [0.25, 0.3) is 11.2 Å². The van der Waals surface area contributed by atoms with E-state index >= 15 is 0 Å². The molecule has 0 spiro atoms. The van der Waals surface area contributed by atoms with Gasteiger partial charge >= 0.3 is 0 Å². The van der Waals surface area contributed by atoms with E-state index in [1.807, 2.05) is 27.7 Å². The zero-order valence-electron chi connectivity index (χ0n) is 16.9. The maximum absolute atomic E-state index is 13.0. The van der Waals surface area contributed by atoms with Crippen LogP contribution in [0, 0.1) is 10.1 Å². The lowest BCUT2D eigenvalue weighted by Gasteiger charge is -2.06. The lowest BCUT2D eigenvalue weighted by molar-refractivity contribution is -0.384. The number of aromatic amines is 1. The Morgan fingerprint density at radius 2 is 2.00 bits per heavy atom. The van der Waals surface area contributed by atoms with E-state index in [1.54, 1.807) is 12.1 Å². The van der Waals surface area contributed by atoms with Gasteiger partial charge in [-0.1, -0.05) is 13.3 Å². The number of benzene rings is 1. The van der Waals surface area contributed by atoms with Crippen LogP contribution in [0.3, 0.4) is 0 Å². The van der Waals surface area contributed by atoms with E-state index in [-0.39, 0.29) is 17.4 Å². The number of H-pyrrole nitrogens is 1. The van der Waals surface area contributed by atoms with Crippen LogP contribution in [0.5, 0.6) is 0 Å². The maximum Gasteiger partial charge on any atom is 0.280 e. The molecule has 152 valence electrons. The van der Waals surface area contributed by atoms with Crippen LogP contribution in [0.1, 0.15) is 51.8 Å². The van der Waals surface area contributed by atoms with Gasteiger partial charge in [0.1, 0.15) is 0 Å². The number of aliphatic imine (C=N–C) groups is 1. The molecule has 28 heavy (non-hydrogen) atoms. The van der Waals surface area contributed by atoms with Crippen molar-refractivity contribution in [3.8, 4) is 5.69 Å². The number of ether oxygens (including phenoxy) is 1. The minimum Gasteiger partial charge on any atom is -0.379 e. The van der Waals surface area contributed by atoms with Crippen molar-refractivity contribution in [1.29, 1.82) is 0 Å². The Labute approximate surface area is 164 Å². The highest BCUT2D eigenvalue weighted by Crippen LogP contribution is 2.15. The number of rotatable bonds is 10. The molecule has 0 radical (unpaired) electrons. The van der Waals surface area contributed by atoms with Crippen molar-refractivity contribution in [2.75, 3.05) is 13.2 Å². The normalized spacial score (nSPS) is 12.0. The summed E-state index contributed by atoms with van der Waals surface area (Å²) in [6.07, 6.45) is 2.58. The van der Waals surface area contributed by atoms with Crippen molar-refractivity contribution >= 4 is 11.4 Å². The molecule has 0 bridgehead atoms. The van der Waals surface area contributed by atoms with Crippen molar-refractivity contribution in [3.05, 3.63) is 56.0 Å². The molecule has 1 N–H and O–H groups in total. The van der Waals surface area contributed by atoms with Crippen LogP contribution in [0.2, 0.25) is 0 Å². The molecule has 2 rings (SSSR count). The van der Waals surface area contributed by atoms with E-state index in [1.165, 1.54) is 16.8 Å². The Hall–Kier alpha value is -2.74. The Morgan fingerprint density at radius 3 is 2.57 bits per heavy atom. The summed E-state index contributed by atoms with van der Waals surface area (Å²) in [6, 6.07) is 5.89. The standard InChI is InChI=1S/C20H28N4O4/c1-5-7-18-19(15(4)21-12-6-13-28-14(2)3)20(25)23(22-18)16-8-10-17(11-9-16)24(26)27/h8-11,14,22H,5-7,12-13H2,1-4H3. The minimum absolute atomic E-state index is 0.0151. The van der Waals surface area contributed by atoms with Crippen molar-refractivity contribution in [2.24, 2.45) is 4.99 Å². The maximum atomic E-state index is 13.0. The first kappa shape index (κ1) is 21.6. The number of nitro benzene ring substituents is 1. The van der Waals surface area contributed by atoms with Crippen molar-refractivity contribution in [3.63, 3.8) is 0 Å². The number of nitro groups is 1. The fraction of sp³-hybridized carbons (Fsp3) is 0.500. The van der Waals surface area contributed by atoms with Crippen LogP contribution in [0.4, 0.5) is 5.69 Å². The molecule has 0 amide bonds. The number of hydrogen-bond donors (Lipinski definition) is 1. The molecule has 8 nitrogen and oxygen atoms in total. The number of aryl methyl sites for hydroxylation is 1. The van der Waals surface area contributed by atoms with Gasteiger partial charge in [-0.3, -0.25) is 25.0 Å². The second kappa shape index (κ2) is 9.98. The topological polar surface area (TPSA) is 103 Å². The van der Waals surface area contributed by atoms with Crippen LogP contribution in [0.15, 0.2) is 34.1 Å². The number of aromatic nitrogens is 2. The van der Waals surface area contributed by atoms with Gasteiger partial charge in [-0.2, -0.15) is 0 Å². The summed E-state index contributed by atoms with van der Waals surface area (Å²) in [5, 5.41) is 14.0. The average Bonchev–Trinajstić information content (AvgIpc) is 2.97. The molecule has 1 aromatic carbocycles. The third-order valence-corrected chi connectivity index (χ3v) is 4.25. The first-order valence-corrected chi connectivity index (χ1v) is 9.56. The lowest BCUT2D eigenvalue weighted by atomic mass is 10.1. The molecule has 2 aromatic rings. The first-order valence-electron chi connectivity index (χ1n) is 9.56. The third-order valence-electron chi connectivity index (χ3n) is 4.25. The largest absolute Gasteiger partial charge is 0.379 e. The average molecular weight is 388 g/mol. The van der Waals surface area contributed by atoms with E-state index in [2.05, 4.69) is 10.1 Å². The molecule has 0 saturated heterocycles. The molecule has 0 saturated carbocycles. The predicted molar refractivity (Wildman–Crippen MR) is 110 cm³/mol. The number of hydrogen-bond acceptors (Lipinski definition) is 5. The highest BCUT2D eigenvalue weighted by atomic mass is 16.6. The van der Waals surface area contributed by atoms with Gasteiger partial charge < -0.3 is 4.74 Å². The van der Waals surface area contributed by atoms with Crippen LogP contribution in [-0.4, -0.2) is 39.7 Å². The van der Waals surface area contributed by atoms with E-state index < -0.39 is 4.92 Å². The third kappa shape index (κ3) is 5.39. The molecular formula is C20H28N4O4. The summed E-state index contributed by atoms with van der Waals surface area (Å²) < 4.78 is 6.94. The van der Waals surface area contributed by atoms with Gasteiger partial charge in [0.2, 0.25) is 0 Å². The second-order valence-corrected chi connectivity index (χ2v) is 6.87. The number of nitrogens with zero attached hydrogens (tertiary/aromatic N) is 3. The van der Waals surface area contributed by atoms with Gasteiger partial charge in [-0.05, 0) is 45.7 Å². The van der Waals surface area contributed by atoms with Crippen molar-refractivity contribution in [1.82, 2.24) is 9.78 Å². The van der Waals surface area contributed by atoms with Gasteiger partial charge in [-0.15, -0.1) is 0 Å². The monoisotopic (exact) mass is 388 g/mol. The van der Waals surface area contributed by atoms with E-state index in [0.717, 1.165) is 18.5 Å². The Balaban J connectivity index is 2.28. The molecule has 0 fully saturated rings. The highest BCUT2D eigenvalue weighted by Gasteiger charge is 2.17. The quantitative estimate of drug-likeness (QED) is 0.290. The van der Waals surface area contributed by atoms with Gasteiger partial charge in [0, 0.05) is 36.7 Å². The molecule has 1 heterocycles. The minimum atomic E-state index is -0.463. The summed E-state index contributed by atoms with van der Waals surface area (Å²) in [6.45, 7) is 9.09. The Kier molecular flexibility index (Phi) is 7.69. The van der Waals surface area contributed by atoms with Crippen molar-refractivity contribution < 1.29 is 9.66 Å². The second-order valence-electron chi connectivity index (χ2n) is 6.87. The zero-order chi connectivity index (χ0) is 20.7. The Morgan fingerprint density at radius 1 is 1.32 bits per heavy atom. The summed E-state index contributed by atoms with van der Waals surface area (Å²) in [5.74, 6) is 0. The summed E-state index contributed by atoms with van der Waals surface area (Å²) >= 11 is 0. The fourth-order valence-corrected chi connectivity index (χ4v) is 2.90. The number of non-ortho nitro benzene ring substituents is 1. The smallest absolute Gasteiger partial charge is 0.280 e. The Bertz CT molecular complexity index is 879. The summed E-state index contributed by atoms with van der Waals surface area (Å²) in [4.78, 5) is 27.9. The molecule has 0 aliphatic rings. The van der Waals surface area contributed by atoms with E-state index in [4.69, 9.17) is 4.74 Å². The zero-order valence-corrected chi connectivity index (χ0v) is 16.9. The van der Waals surface area contributed by atoms with E-state index in [0.29, 0.717) is 36.5 Å². The van der Waals surface area contributed by atoms with Gasteiger partial charge in [0.05, 0.1) is 22.3 Å². The lowest BCUT2D eigenvalue weighted by Crippen LogP contribution is -2.20. The predicted octanol–water partition coefficient (Wildman–Crippen LogP) is 3.65.